The highest BCUT2D eigenvalue weighted by molar-refractivity contribution is 7.99. The van der Waals surface area contributed by atoms with Crippen molar-refractivity contribution in [2.75, 3.05) is 18.1 Å². The van der Waals surface area contributed by atoms with Crippen LogP contribution in [-0.4, -0.2) is 40.0 Å². The van der Waals surface area contributed by atoms with Crippen LogP contribution in [0.4, 0.5) is 0 Å². The molecule has 1 heterocycles. The second-order valence-electron chi connectivity index (χ2n) is 4.81. The van der Waals surface area contributed by atoms with Gasteiger partial charge in [0.25, 0.3) is 0 Å². The number of hydrogen-bond acceptors (Lipinski definition) is 3. The first-order valence-electron chi connectivity index (χ1n) is 5.80. The van der Waals surface area contributed by atoms with Gasteiger partial charge in [-0.05, 0) is 37.2 Å². The summed E-state index contributed by atoms with van der Waals surface area (Å²) in [6.07, 6.45) is 3.31. The average Bonchev–Trinajstić information content (AvgIpc) is 2.26. The molecule has 1 saturated carbocycles. The lowest BCUT2D eigenvalue weighted by Gasteiger charge is -2.39. The molecule has 1 amide bonds. The topological polar surface area (TPSA) is 49.3 Å². The molecule has 2 fully saturated rings. The van der Waals surface area contributed by atoms with E-state index in [4.69, 9.17) is 11.6 Å². The van der Waals surface area contributed by atoms with Gasteiger partial charge in [0.15, 0.2) is 0 Å². The predicted octanol–water partition coefficient (Wildman–Crippen LogP) is 1.38. The third-order valence-corrected chi connectivity index (χ3v) is 4.93. The molecule has 0 unspecified atom stereocenters. The van der Waals surface area contributed by atoms with E-state index in [1.54, 1.807) is 0 Å². The van der Waals surface area contributed by atoms with Crippen LogP contribution in [0.3, 0.4) is 0 Å². The van der Waals surface area contributed by atoms with Crippen LogP contribution >= 0.6 is 23.4 Å². The van der Waals surface area contributed by atoms with E-state index in [1.807, 2.05) is 11.8 Å². The molecular formula is C11H18ClNO2S. The van der Waals surface area contributed by atoms with Crippen LogP contribution in [0.25, 0.3) is 0 Å². The van der Waals surface area contributed by atoms with Crippen LogP contribution in [0.5, 0.6) is 0 Å². The third kappa shape index (κ3) is 2.66. The maximum Gasteiger partial charge on any atom is 0.223 e. The summed E-state index contributed by atoms with van der Waals surface area (Å²) in [7, 11) is 0. The first-order valence-corrected chi connectivity index (χ1v) is 7.39. The number of carbonyl (C=O) groups is 1. The lowest BCUT2D eigenvalue weighted by molar-refractivity contribution is -0.130. The van der Waals surface area contributed by atoms with Crippen LogP contribution < -0.4 is 5.32 Å². The molecule has 1 aliphatic heterocycles. The number of hydrogen-bond donors (Lipinski definition) is 2. The predicted molar refractivity (Wildman–Crippen MR) is 66.9 cm³/mol. The second-order valence-corrected chi connectivity index (χ2v) is 6.65. The minimum absolute atomic E-state index is 0.0519. The average molecular weight is 264 g/mol. The summed E-state index contributed by atoms with van der Waals surface area (Å²) in [6, 6.07) is 0. The van der Waals surface area contributed by atoms with Crippen molar-refractivity contribution in [2.45, 2.75) is 36.6 Å². The number of thioether (sulfide) groups is 1. The van der Waals surface area contributed by atoms with E-state index in [1.165, 1.54) is 0 Å². The summed E-state index contributed by atoms with van der Waals surface area (Å²) in [5.41, 5.74) is -0.361. The summed E-state index contributed by atoms with van der Waals surface area (Å²) in [5.74, 6) is 2.19. The Morgan fingerprint density at radius 1 is 1.44 bits per heavy atom. The first-order chi connectivity index (χ1) is 7.65. The lowest BCUT2D eigenvalue weighted by atomic mass is 9.82. The standard InChI is InChI=1S/C11H18ClNO2S/c12-9-5-8(6-9)10(15)13-11(7-14)1-3-16-4-2-11/h8-9,14H,1-7H2,(H,13,15). The number of halogens is 1. The number of aliphatic hydroxyl groups is 1. The molecule has 2 N–H and O–H groups in total. The number of nitrogens with one attached hydrogen (secondary N) is 1. The molecule has 92 valence electrons. The van der Waals surface area contributed by atoms with E-state index in [-0.39, 0.29) is 29.3 Å². The molecule has 5 heteroatoms. The highest BCUT2D eigenvalue weighted by Crippen LogP contribution is 2.33. The smallest absolute Gasteiger partial charge is 0.223 e. The Morgan fingerprint density at radius 2 is 2.06 bits per heavy atom. The minimum Gasteiger partial charge on any atom is -0.394 e. The van der Waals surface area contributed by atoms with Gasteiger partial charge in [0.2, 0.25) is 5.91 Å². The van der Waals surface area contributed by atoms with Gasteiger partial charge in [-0.15, -0.1) is 11.6 Å². The van der Waals surface area contributed by atoms with Crippen molar-refractivity contribution in [1.29, 1.82) is 0 Å². The summed E-state index contributed by atoms with van der Waals surface area (Å²) < 4.78 is 0. The number of aliphatic hydroxyl groups excluding tert-OH is 1. The number of rotatable bonds is 3. The maximum absolute atomic E-state index is 11.9. The van der Waals surface area contributed by atoms with Crippen molar-refractivity contribution in [3.05, 3.63) is 0 Å². The van der Waals surface area contributed by atoms with Crippen LogP contribution in [0.15, 0.2) is 0 Å². The zero-order valence-corrected chi connectivity index (χ0v) is 10.8. The van der Waals surface area contributed by atoms with Crippen LogP contribution in [0.1, 0.15) is 25.7 Å². The van der Waals surface area contributed by atoms with E-state index in [2.05, 4.69) is 5.32 Å². The van der Waals surface area contributed by atoms with E-state index in [9.17, 15) is 9.90 Å². The minimum atomic E-state index is -0.361. The van der Waals surface area contributed by atoms with E-state index in [0.717, 1.165) is 37.2 Å². The molecular weight excluding hydrogens is 246 g/mol. The van der Waals surface area contributed by atoms with Crippen molar-refractivity contribution in [3.63, 3.8) is 0 Å². The number of amides is 1. The molecule has 2 rings (SSSR count). The van der Waals surface area contributed by atoms with Gasteiger partial charge in [-0.1, -0.05) is 0 Å². The van der Waals surface area contributed by atoms with Crippen molar-refractivity contribution in [2.24, 2.45) is 5.92 Å². The molecule has 0 aromatic rings. The van der Waals surface area contributed by atoms with Crippen molar-refractivity contribution >= 4 is 29.3 Å². The van der Waals surface area contributed by atoms with Crippen LogP contribution in [0.2, 0.25) is 0 Å². The van der Waals surface area contributed by atoms with Crippen LogP contribution in [0, 0.1) is 5.92 Å². The van der Waals surface area contributed by atoms with Crippen molar-refractivity contribution in [3.8, 4) is 0 Å². The van der Waals surface area contributed by atoms with E-state index < -0.39 is 0 Å². The molecule has 0 aromatic heterocycles. The fraction of sp³-hybridized carbons (Fsp3) is 0.909. The van der Waals surface area contributed by atoms with Gasteiger partial charge in [-0.3, -0.25) is 4.79 Å². The highest BCUT2D eigenvalue weighted by Gasteiger charge is 2.39. The van der Waals surface area contributed by atoms with Gasteiger partial charge in [-0.2, -0.15) is 11.8 Å². The Bertz CT molecular complexity index is 263. The molecule has 3 nitrogen and oxygen atoms in total. The lowest BCUT2D eigenvalue weighted by Crippen LogP contribution is -2.56. The van der Waals surface area contributed by atoms with Gasteiger partial charge < -0.3 is 10.4 Å². The van der Waals surface area contributed by atoms with Crippen molar-refractivity contribution < 1.29 is 9.90 Å². The van der Waals surface area contributed by atoms with E-state index >= 15 is 0 Å². The van der Waals surface area contributed by atoms with Crippen molar-refractivity contribution in [1.82, 2.24) is 5.32 Å². The summed E-state index contributed by atoms with van der Waals surface area (Å²) in [6.45, 7) is 0.0519. The fourth-order valence-corrected chi connectivity index (χ4v) is 3.92. The van der Waals surface area contributed by atoms with Gasteiger partial charge in [0, 0.05) is 11.3 Å². The Labute approximate surface area is 105 Å². The fourth-order valence-electron chi connectivity index (χ4n) is 2.21. The van der Waals surface area contributed by atoms with E-state index in [0.29, 0.717) is 0 Å². The molecule has 16 heavy (non-hydrogen) atoms. The van der Waals surface area contributed by atoms with Crippen LogP contribution in [-0.2, 0) is 4.79 Å². The van der Waals surface area contributed by atoms with Gasteiger partial charge in [-0.25, -0.2) is 0 Å². The molecule has 0 spiro atoms. The number of carbonyl (C=O) groups excluding carboxylic acids is 1. The van der Waals surface area contributed by atoms with Gasteiger partial charge in [0.05, 0.1) is 12.1 Å². The molecule has 0 radical (unpaired) electrons. The second kappa shape index (κ2) is 5.15. The number of alkyl halides is 1. The first kappa shape index (κ1) is 12.5. The Hall–Kier alpha value is 0.0700. The molecule has 0 atom stereocenters. The molecule has 2 aliphatic rings. The van der Waals surface area contributed by atoms with Gasteiger partial charge in [0.1, 0.15) is 0 Å². The SMILES string of the molecule is O=C(NC1(CO)CCSCC1)C1CC(Cl)C1. The molecule has 1 saturated heterocycles. The molecule has 0 aromatic carbocycles. The quantitative estimate of drug-likeness (QED) is 0.757. The zero-order chi connectivity index (χ0) is 11.6. The monoisotopic (exact) mass is 263 g/mol. The summed E-state index contributed by atoms with van der Waals surface area (Å²) in [4.78, 5) is 11.9. The Kier molecular flexibility index (Phi) is 4.03. The summed E-state index contributed by atoms with van der Waals surface area (Å²) >= 11 is 7.75. The third-order valence-electron chi connectivity index (χ3n) is 3.59. The maximum atomic E-state index is 11.9. The summed E-state index contributed by atoms with van der Waals surface area (Å²) in [5, 5.41) is 12.7. The normalized spacial score (nSPS) is 32.9. The Balaban J connectivity index is 1.88. The molecule has 1 aliphatic carbocycles. The largest absolute Gasteiger partial charge is 0.394 e. The van der Waals surface area contributed by atoms with Gasteiger partial charge >= 0.3 is 0 Å². The highest BCUT2D eigenvalue weighted by atomic mass is 35.5. The molecule has 0 bridgehead atoms. The zero-order valence-electron chi connectivity index (χ0n) is 9.25. The Morgan fingerprint density at radius 3 is 2.56 bits per heavy atom.